The van der Waals surface area contributed by atoms with Crippen molar-refractivity contribution in [2.75, 3.05) is 24.5 Å². The molecule has 1 unspecified atom stereocenters. The molecule has 3 atom stereocenters. The molecule has 3 heterocycles. The number of ether oxygens (including phenoxy) is 2. The Morgan fingerprint density at radius 2 is 2.07 bits per heavy atom. The molecule has 1 aromatic rings. The summed E-state index contributed by atoms with van der Waals surface area (Å²) in [7, 11) is 0. The zero-order chi connectivity index (χ0) is 21.3. The SMILES string of the molecule is CC(C)CC(C(=O)N1CCN(c2ccc(Cl)cn2)C[C@H]1C)[C@H]1OC(C)(C)OC1=O. The highest BCUT2D eigenvalue weighted by atomic mass is 35.5. The van der Waals surface area contributed by atoms with Crippen LogP contribution in [0, 0.1) is 11.8 Å². The number of aromatic nitrogens is 1. The topological polar surface area (TPSA) is 72.0 Å². The Morgan fingerprint density at radius 3 is 2.59 bits per heavy atom. The van der Waals surface area contributed by atoms with Crippen LogP contribution in [0.4, 0.5) is 5.82 Å². The third-order valence-electron chi connectivity index (χ3n) is 5.34. The molecule has 160 valence electrons. The summed E-state index contributed by atoms with van der Waals surface area (Å²) < 4.78 is 11.1. The van der Waals surface area contributed by atoms with E-state index in [9.17, 15) is 9.59 Å². The third kappa shape index (κ3) is 5.01. The van der Waals surface area contributed by atoms with E-state index in [2.05, 4.69) is 9.88 Å². The van der Waals surface area contributed by atoms with Gasteiger partial charge in [0, 0.05) is 45.7 Å². The molecule has 0 spiro atoms. The molecule has 1 aromatic heterocycles. The van der Waals surface area contributed by atoms with Crippen molar-refractivity contribution in [3.05, 3.63) is 23.4 Å². The summed E-state index contributed by atoms with van der Waals surface area (Å²) in [6.07, 6.45) is 1.34. The van der Waals surface area contributed by atoms with Crippen LogP contribution in [0.1, 0.15) is 41.0 Å². The Kier molecular flexibility index (Phi) is 6.39. The van der Waals surface area contributed by atoms with Gasteiger partial charge in [-0.3, -0.25) is 4.79 Å². The second kappa shape index (κ2) is 8.48. The molecule has 3 rings (SSSR count). The van der Waals surface area contributed by atoms with Gasteiger partial charge in [-0.05, 0) is 31.4 Å². The Morgan fingerprint density at radius 1 is 1.34 bits per heavy atom. The molecule has 0 radical (unpaired) electrons. The predicted octanol–water partition coefficient (Wildman–Crippen LogP) is 3.11. The molecule has 8 heteroatoms. The summed E-state index contributed by atoms with van der Waals surface area (Å²) in [5.41, 5.74) is 0. The van der Waals surface area contributed by atoms with Crippen molar-refractivity contribution in [2.24, 2.45) is 11.8 Å². The number of hydrogen-bond acceptors (Lipinski definition) is 6. The Hall–Kier alpha value is -1.86. The molecule has 2 fully saturated rings. The molecule has 0 N–H and O–H groups in total. The fourth-order valence-corrected chi connectivity index (χ4v) is 4.16. The number of rotatable bonds is 5. The monoisotopic (exact) mass is 423 g/mol. The van der Waals surface area contributed by atoms with Gasteiger partial charge in [0.1, 0.15) is 5.82 Å². The van der Waals surface area contributed by atoms with E-state index in [-0.39, 0.29) is 17.9 Å². The number of amides is 1. The van der Waals surface area contributed by atoms with Gasteiger partial charge in [-0.15, -0.1) is 0 Å². The quantitative estimate of drug-likeness (QED) is 0.677. The second-order valence-corrected chi connectivity index (χ2v) is 9.19. The van der Waals surface area contributed by atoms with Gasteiger partial charge in [-0.2, -0.15) is 0 Å². The molecule has 0 aromatic carbocycles. The Bertz CT molecular complexity index is 753. The van der Waals surface area contributed by atoms with Crippen LogP contribution in [-0.2, 0) is 19.1 Å². The molecular formula is C21H30ClN3O4. The number of hydrogen-bond donors (Lipinski definition) is 0. The number of carbonyl (C=O) groups is 2. The van der Waals surface area contributed by atoms with Crippen molar-refractivity contribution in [2.45, 2.75) is 59.0 Å². The maximum atomic E-state index is 13.5. The van der Waals surface area contributed by atoms with E-state index in [1.165, 1.54) is 0 Å². The molecule has 1 amide bonds. The van der Waals surface area contributed by atoms with E-state index in [1.54, 1.807) is 20.0 Å². The number of anilines is 1. The average Bonchev–Trinajstić information content (AvgIpc) is 2.91. The smallest absolute Gasteiger partial charge is 0.338 e. The van der Waals surface area contributed by atoms with E-state index in [0.29, 0.717) is 31.1 Å². The number of carbonyl (C=O) groups excluding carboxylic acids is 2. The summed E-state index contributed by atoms with van der Waals surface area (Å²) in [6, 6.07) is 3.68. The van der Waals surface area contributed by atoms with Gasteiger partial charge in [0.15, 0.2) is 6.10 Å². The van der Waals surface area contributed by atoms with Gasteiger partial charge in [0.2, 0.25) is 11.7 Å². The summed E-state index contributed by atoms with van der Waals surface area (Å²) >= 11 is 5.93. The van der Waals surface area contributed by atoms with E-state index in [4.69, 9.17) is 21.1 Å². The molecule has 0 saturated carbocycles. The Labute approximate surface area is 177 Å². The van der Waals surface area contributed by atoms with Gasteiger partial charge < -0.3 is 19.3 Å². The molecule has 7 nitrogen and oxygen atoms in total. The predicted molar refractivity (Wildman–Crippen MR) is 111 cm³/mol. The standard InChI is InChI=1S/C21H30ClN3O4/c1-13(2)10-16(18-20(27)29-21(4,5)28-18)19(26)25-9-8-24(12-14(25)3)17-7-6-15(22)11-23-17/h6-7,11,13-14,16,18H,8-10,12H2,1-5H3/t14-,16?,18-/m1/s1. The van der Waals surface area contributed by atoms with Crippen LogP contribution in [0.2, 0.25) is 5.02 Å². The minimum Gasteiger partial charge on any atom is -0.432 e. The van der Waals surface area contributed by atoms with Gasteiger partial charge in [-0.1, -0.05) is 25.4 Å². The first-order valence-corrected chi connectivity index (χ1v) is 10.5. The van der Waals surface area contributed by atoms with Crippen LogP contribution in [0.5, 0.6) is 0 Å². The maximum Gasteiger partial charge on any atom is 0.338 e. The van der Waals surface area contributed by atoms with E-state index in [0.717, 1.165) is 5.82 Å². The second-order valence-electron chi connectivity index (χ2n) is 8.76. The highest BCUT2D eigenvalue weighted by molar-refractivity contribution is 6.30. The van der Waals surface area contributed by atoms with Crippen LogP contribution in [0.25, 0.3) is 0 Å². The Balaban J connectivity index is 1.73. The van der Waals surface area contributed by atoms with Crippen molar-refractivity contribution >= 4 is 29.3 Å². The van der Waals surface area contributed by atoms with Crippen LogP contribution in [0.15, 0.2) is 18.3 Å². The van der Waals surface area contributed by atoms with Gasteiger partial charge in [-0.25, -0.2) is 9.78 Å². The molecule has 2 saturated heterocycles. The zero-order valence-corrected chi connectivity index (χ0v) is 18.5. The highest BCUT2D eigenvalue weighted by Gasteiger charge is 2.49. The van der Waals surface area contributed by atoms with Gasteiger partial charge in [0.05, 0.1) is 10.9 Å². The molecule has 29 heavy (non-hydrogen) atoms. The van der Waals surface area contributed by atoms with Crippen LogP contribution < -0.4 is 4.90 Å². The summed E-state index contributed by atoms with van der Waals surface area (Å²) in [5, 5.41) is 0.596. The van der Waals surface area contributed by atoms with Crippen molar-refractivity contribution < 1.29 is 19.1 Å². The average molecular weight is 424 g/mol. The summed E-state index contributed by atoms with van der Waals surface area (Å²) in [5.74, 6) is -0.954. The largest absolute Gasteiger partial charge is 0.432 e. The van der Waals surface area contributed by atoms with Crippen LogP contribution in [0.3, 0.4) is 0 Å². The zero-order valence-electron chi connectivity index (χ0n) is 17.7. The fraction of sp³-hybridized carbons (Fsp3) is 0.667. The molecular weight excluding hydrogens is 394 g/mol. The van der Waals surface area contributed by atoms with E-state index < -0.39 is 23.8 Å². The molecule has 2 aliphatic rings. The molecule has 0 bridgehead atoms. The van der Waals surface area contributed by atoms with Crippen molar-refractivity contribution in [1.29, 1.82) is 0 Å². The highest BCUT2D eigenvalue weighted by Crippen LogP contribution is 2.33. The van der Waals surface area contributed by atoms with Crippen molar-refractivity contribution in [1.82, 2.24) is 9.88 Å². The third-order valence-corrected chi connectivity index (χ3v) is 5.57. The first kappa shape index (κ1) is 21.8. The van der Waals surface area contributed by atoms with Crippen molar-refractivity contribution in [3.8, 4) is 0 Å². The number of nitrogens with zero attached hydrogens (tertiary/aromatic N) is 3. The lowest BCUT2D eigenvalue weighted by atomic mass is 9.90. The number of esters is 1. The summed E-state index contributed by atoms with van der Waals surface area (Å²) in [4.78, 5) is 34.2. The summed E-state index contributed by atoms with van der Waals surface area (Å²) in [6.45, 7) is 11.4. The lowest BCUT2D eigenvalue weighted by Gasteiger charge is -2.42. The van der Waals surface area contributed by atoms with Crippen LogP contribution >= 0.6 is 11.6 Å². The lowest BCUT2D eigenvalue weighted by Crippen LogP contribution is -2.57. The van der Waals surface area contributed by atoms with Crippen LogP contribution in [-0.4, -0.2) is 59.3 Å². The first-order chi connectivity index (χ1) is 13.6. The molecule has 2 aliphatic heterocycles. The van der Waals surface area contributed by atoms with Crippen molar-refractivity contribution in [3.63, 3.8) is 0 Å². The number of halogens is 1. The maximum absolute atomic E-state index is 13.5. The minimum atomic E-state index is -0.998. The first-order valence-electron chi connectivity index (χ1n) is 10.1. The minimum absolute atomic E-state index is 0.0196. The lowest BCUT2D eigenvalue weighted by molar-refractivity contribution is -0.163. The molecule has 0 aliphatic carbocycles. The fourth-order valence-electron chi connectivity index (χ4n) is 4.05. The normalized spacial score (nSPS) is 25.3. The number of cyclic esters (lactones) is 1. The number of pyridine rings is 1. The number of piperazine rings is 1. The van der Waals surface area contributed by atoms with E-state index >= 15 is 0 Å². The van der Waals surface area contributed by atoms with Gasteiger partial charge in [0.25, 0.3) is 0 Å². The van der Waals surface area contributed by atoms with Gasteiger partial charge >= 0.3 is 5.97 Å². The van der Waals surface area contributed by atoms with E-state index in [1.807, 2.05) is 37.8 Å².